The summed E-state index contributed by atoms with van der Waals surface area (Å²) in [5.41, 5.74) is 8.69. The zero-order chi connectivity index (χ0) is 24.1. The maximum Gasteiger partial charge on any atom is 0.213 e. The van der Waals surface area contributed by atoms with Crippen LogP contribution in [0.25, 0.3) is 17.1 Å². The quantitative estimate of drug-likeness (QED) is 0.460. The Balaban J connectivity index is 1.31. The van der Waals surface area contributed by atoms with E-state index in [4.69, 9.17) is 10.5 Å². The van der Waals surface area contributed by atoms with Gasteiger partial charge in [0.25, 0.3) is 0 Å². The number of hydrogen-bond acceptors (Lipinski definition) is 6. The van der Waals surface area contributed by atoms with Gasteiger partial charge in [-0.15, -0.1) is 0 Å². The molecule has 0 bridgehead atoms. The van der Waals surface area contributed by atoms with Gasteiger partial charge < -0.3 is 20.9 Å². The molecule has 34 heavy (non-hydrogen) atoms. The predicted molar refractivity (Wildman–Crippen MR) is 128 cm³/mol. The smallest absolute Gasteiger partial charge is 0.213 e. The highest BCUT2D eigenvalue weighted by Crippen LogP contribution is 2.33. The number of fused-ring (bicyclic) bond motifs is 1. The third kappa shape index (κ3) is 5.58. The second-order valence-electron chi connectivity index (χ2n) is 8.73. The third-order valence-electron chi connectivity index (χ3n) is 6.58. The highest BCUT2D eigenvalue weighted by atomic mass is 19.1. The summed E-state index contributed by atoms with van der Waals surface area (Å²) in [5, 5.41) is 14.5. The van der Waals surface area contributed by atoms with Gasteiger partial charge in [0.15, 0.2) is 0 Å². The molecule has 0 amide bonds. The molecule has 1 fully saturated rings. The Hall–Kier alpha value is -2.94. The number of benzene rings is 1. The van der Waals surface area contributed by atoms with E-state index in [9.17, 15) is 13.9 Å². The predicted octanol–water partition coefficient (Wildman–Crippen LogP) is 4.14. The van der Waals surface area contributed by atoms with E-state index in [0.717, 1.165) is 37.8 Å². The number of hydrogen-bond donors (Lipinski definition) is 3. The SMILES string of the molecule is COc1ccc2nccc([C@@H](O)[C@@H](N)[C@H]3CC[C@H](NCC=Cc4cc(F)ccc4F)CC3)c2n1. The Kier molecular flexibility index (Phi) is 7.82. The van der Waals surface area contributed by atoms with E-state index < -0.39 is 23.8 Å². The second-order valence-corrected chi connectivity index (χ2v) is 8.73. The molecule has 3 aromatic rings. The molecule has 0 spiro atoms. The van der Waals surface area contributed by atoms with Crippen molar-refractivity contribution < 1.29 is 18.6 Å². The van der Waals surface area contributed by atoms with Crippen molar-refractivity contribution in [2.45, 2.75) is 43.9 Å². The molecular weight excluding hydrogens is 438 g/mol. The van der Waals surface area contributed by atoms with Crippen LogP contribution in [-0.4, -0.2) is 40.8 Å². The van der Waals surface area contributed by atoms with Crippen LogP contribution in [0.5, 0.6) is 5.88 Å². The average molecular weight is 469 g/mol. The van der Waals surface area contributed by atoms with Gasteiger partial charge in [-0.3, -0.25) is 4.98 Å². The summed E-state index contributed by atoms with van der Waals surface area (Å²) in [7, 11) is 1.55. The number of pyridine rings is 2. The van der Waals surface area contributed by atoms with E-state index in [1.54, 1.807) is 37.6 Å². The van der Waals surface area contributed by atoms with E-state index in [-0.39, 0.29) is 11.5 Å². The standard InChI is InChI=1S/C26H30F2N4O2/c1-34-23-11-10-22-25(32-23)20(12-14-31-22)26(33)24(29)16-4-7-19(8-5-16)30-13-2-3-17-15-18(27)6-9-21(17)28/h2-3,6,9-12,14-16,19,24,26,30,33H,4-5,7-8,13,29H2,1H3/t16-,19-,24-,26+/m0/s1. The fraction of sp³-hybridized carbons (Fsp3) is 0.385. The summed E-state index contributed by atoms with van der Waals surface area (Å²) in [6, 6.07) is 8.63. The number of aliphatic hydroxyl groups is 1. The zero-order valence-electron chi connectivity index (χ0n) is 19.1. The van der Waals surface area contributed by atoms with E-state index in [1.807, 2.05) is 6.07 Å². The number of aliphatic hydroxyl groups excluding tert-OH is 1. The first-order valence-electron chi connectivity index (χ1n) is 11.5. The van der Waals surface area contributed by atoms with Gasteiger partial charge in [0, 0.05) is 42.0 Å². The monoisotopic (exact) mass is 468 g/mol. The molecule has 1 aromatic carbocycles. The van der Waals surface area contributed by atoms with Gasteiger partial charge in [-0.25, -0.2) is 13.8 Å². The Morgan fingerprint density at radius 1 is 1.18 bits per heavy atom. The van der Waals surface area contributed by atoms with Crippen LogP contribution in [0.3, 0.4) is 0 Å². The van der Waals surface area contributed by atoms with Crippen LogP contribution in [0.1, 0.15) is 42.9 Å². The van der Waals surface area contributed by atoms with E-state index in [0.29, 0.717) is 35.1 Å². The van der Waals surface area contributed by atoms with Gasteiger partial charge in [-0.1, -0.05) is 12.2 Å². The number of aromatic nitrogens is 2. The first-order valence-corrected chi connectivity index (χ1v) is 11.5. The first-order chi connectivity index (χ1) is 16.5. The highest BCUT2D eigenvalue weighted by molar-refractivity contribution is 5.78. The number of ether oxygens (including phenoxy) is 1. The molecule has 4 rings (SSSR count). The fourth-order valence-corrected chi connectivity index (χ4v) is 4.62. The lowest BCUT2D eigenvalue weighted by Crippen LogP contribution is -2.41. The maximum atomic E-state index is 13.7. The molecule has 2 atom stereocenters. The fourth-order valence-electron chi connectivity index (χ4n) is 4.62. The van der Waals surface area contributed by atoms with Gasteiger partial charge in [0.1, 0.15) is 11.6 Å². The molecule has 6 nitrogen and oxygen atoms in total. The second kappa shape index (κ2) is 11.0. The third-order valence-corrected chi connectivity index (χ3v) is 6.58. The molecule has 0 saturated heterocycles. The summed E-state index contributed by atoms with van der Waals surface area (Å²) < 4.78 is 32.2. The Bertz CT molecular complexity index is 1150. The van der Waals surface area contributed by atoms with Crippen molar-refractivity contribution in [2.24, 2.45) is 11.7 Å². The lowest BCUT2D eigenvalue weighted by Gasteiger charge is -2.34. The van der Waals surface area contributed by atoms with Gasteiger partial charge in [-0.05, 0) is 61.9 Å². The van der Waals surface area contributed by atoms with Crippen LogP contribution >= 0.6 is 0 Å². The highest BCUT2D eigenvalue weighted by Gasteiger charge is 2.31. The molecule has 8 heteroatoms. The van der Waals surface area contributed by atoms with Crippen LogP contribution in [0.4, 0.5) is 8.78 Å². The van der Waals surface area contributed by atoms with Crippen molar-refractivity contribution in [1.29, 1.82) is 0 Å². The van der Waals surface area contributed by atoms with Crippen LogP contribution in [0.15, 0.2) is 48.7 Å². The zero-order valence-corrected chi connectivity index (χ0v) is 19.1. The minimum absolute atomic E-state index is 0.179. The normalized spacial score (nSPS) is 20.5. The molecule has 1 aliphatic carbocycles. The molecule has 0 radical (unpaired) electrons. The largest absolute Gasteiger partial charge is 0.481 e. The number of halogens is 2. The molecular formula is C26H30F2N4O2. The van der Waals surface area contributed by atoms with Crippen molar-refractivity contribution >= 4 is 17.1 Å². The lowest BCUT2D eigenvalue weighted by molar-refractivity contribution is 0.101. The van der Waals surface area contributed by atoms with Crippen molar-refractivity contribution in [1.82, 2.24) is 15.3 Å². The summed E-state index contributed by atoms with van der Waals surface area (Å²) in [5.74, 6) is -0.260. The molecule has 180 valence electrons. The molecule has 4 N–H and O–H groups in total. The topological polar surface area (TPSA) is 93.3 Å². The van der Waals surface area contributed by atoms with Gasteiger partial charge >= 0.3 is 0 Å². The van der Waals surface area contributed by atoms with Gasteiger partial charge in [0.2, 0.25) is 5.88 Å². The molecule has 0 aliphatic heterocycles. The summed E-state index contributed by atoms with van der Waals surface area (Å²) >= 11 is 0. The van der Waals surface area contributed by atoms with E-state index in [1.165, 1.54) is 6.07 Å². The van der Waals surface area contributed by atoms with Crippen molar-refractivity contribution in [3.8, 4) is 5.88 Å². The van der Waals surface area contributed by atoms with Crippen molar-refractivity contribution in [3.63, 3.8) is 0 Å². The summed E-state index contributed by atoms with van der Waals surface area (Å²) in [6.07, 6.45) is 7.82. The molecule has 2 aromatic heterocycles. The molecule has 0 unspecified atom stereocenters. The van der Waals surface area contributed by atoms with Crippen LogP contribution in [0.2, 0.25) is 0 Å². The number of nitrogens with zero attached hydrogens (tertiary/aromatic N) is 2. The summed E-state index contributed by atoms with van der Waals surface area (Å²) in [4.78, 5) is 8.79. The van der Waals surface area contributed by atoms with E-state index >= 15 is 0 Å². The minimum atomic E-state index is -0.858. The summed E-state index contributed by atoms with van der Waals surface area (Å²) in [6.45, 7) is 0.566. The Morgan fingerprint density at radius 2 is 1.97 bits per heavy atom. The lowest BCUT2D eigenvalue weighted by atomic mass is 9.79. The maximum absolute atomic E-state index is 13.7. The number of nitrogens with two attached hydrogens (primary N) is 1. The molecule has 1 saturated carbocycles. The molecule has 2 heterocycles. The molecule has 1 aliphatic rings. The van der Waals surface area contributed by atoms with Crippen molar-refractivity contribution in [3.05, 3.63) is 71.4 Å². The Labute approximate surface area is 197 Å². The van der Waals surface area contributed by atoms with Gasteiger partial charge in [0.05, 0.1) is 24.2 Å². The average Bonchev–Trinajstić information content (AvgIpc) is 2.87. The first kappa shape index (κ1) is 24.2. The van der Waals surface area contributed by atoms with Crippen LogP contribution in [0, 0.1) is 17.6 Å². The minimum Gasteiger partial charge on any atom is -0.481 e. The van der Waals surface area contributed by atoms with Crippen LogP contribution in [-0.2, 0) is 0 Å². The van der Waals surface area contributed by atoms with E-state index in [2.05, 4.69) is 15.3 Å². The van der Waals surface area contributed by atoms with Crippen molar-refractivity contribution in [2.75, 3.05) is 13.7 Å². The number of methoxy groups -OCH3 is 1. The number of nitrogens with one attached hydrogen (secondary N) is 1. The van der Waals surface area contributed by atoms with Crippen LogP contribution < -0.4 is 15.8 Å². The number of rotatable bonds is 8. The Morgan fingerprint density at radius 3 is 2.74 bits per heavy atom. The van der Waals surface area contributed by atoms with Gasteiger partial charge in [-0.2, -0.15) is 0 Å².